The summed E-state index contributed by atoms with van der Waals surface area (Å²) in [6.45, 7) is 1.64. The van der Waals surface area contributed by atoms with Crippen LogP contribution >= 0.6 is 11.6 Å². The molecule has 3 aromatic rings. The fraction of sp³-hybridized carbons (Fsp3) is 0.267. The molecule has 4 rings (SSSR count). The lowest BCUT2D eigenvalue weighted by atomic mass is 10.0. The van der Waals surface area contributed by atoms with Gasteiger partial charge < -0.3 is 20.9 Å². The minimum absolute atomic E-state index is 0.0659. The van der Waals surface area contributed by atoms with E-state index in [-0.39, 0.29) is 22.5 Å². The van der Waals surface area contributed by atoms with Gasteiger partial charge in [0, 0.05) is 62.6 Å². The lowest BCUT2D eigenvalue weighted by Crippen LogP contribution is -2.29. The number of carbonyl (C=O) groups excluding carboxylic acids is 2. The van der Waals surface area contributed by atoms with E-state index in [1.807, 2.05) is 6.07 Å². The summed E-state index contributed by atoms with van der Waals surface area (Å²) in [5, 5.41) is 2.35. The summed E-state index contributed by atoms with van der Waals surface area (Å²) in [4.78, 5) is 39.2. The minimum Gasteiger partial charge on any atom is -0.404 e. The van der Waals surface area contributed by atoms with Gasteiger partial charge in [-0.25, -0.2) is 4.98 Å². The first-order chi connectivity index (χ1) is 20.0. The van der Waals surface area contributed by atoms with Crippen LogP contribution in [0, 0.1) is 0 Å². The number of hydrogen-bond acceptors (Lipinski definition) is 7. The predicted molar refractivity (Wildman–Crippen MR) is 160 cm³/mol. The SMILES string of the molecule is CN(C)c1cc(C(=O)Nc2ccc(N3CCCCC3)cc2C(=O)/C(C=Nc2ccc(Cl)c(C(F)(F)F)c2)=C/N)ccn1. The molecule has 1 saturated heterocycles. The van der Waals surface area contributed by atoms with Crippen LogP contribution in [0.1, 0.15) is 45.5 Å². The Morgan fingerprint density at radius 2 is 1.81 bits per heavy atom. The summed E-state index contributed by atoms with van der Waals surface area (Å²) in [6.07, 6.45) is 2.11. The van der Waals surface area contributed by atoms with E-state index in [4.69, 9.17) is 17.3 Å². The van der Waals surface area contributed by atoms with Crippen molar-refractivity contribution in [3.63, 3.8) is 0 Å². The molecule has 2 aromatic carbocycles. The van der Waals surface area contributed by atoms with E-state index in [0.29, 0.717) is 11.4 Å². The topological polar surface area (TPSA) is 104 Å². The number of ketones is 1. The van der Waals surface area contributed by atoms with Crippen LogP contribution in [-0.2, 0) is 6.18 Å². The van der Waals surface area contributed by atoms with E-state index in [1.54, 1.807) is 43.3 Å². The number of nitrogens with zero attached hydrogens (tertiary/aromatic N) is 4. The zero-order valence-electron chi connectivity index (χ0n) is 23.1. The monoisotopic (exact) mass is 598 g/mol. The van der Waals surface area contributed by atoms with Crippen molar-refractivity contribution in [3.8, 4) is 0 Å². The number of aromatic nitrogens is 1. The Morgan fingerprint density at radius 3 is 2.48 bits per heavy atom. The molecule has 8 nitrogen and oxygen atoms in total. The molecule has 0 atom stereocenters. The number of aliphatic imine (C=N–C) groups is 1. The molecule has 0 aliphatic carbocycles. The molecule has 0 spiro atoms. The molecular formula is C30H30ClF3N6O2. The third-order valence-corrected chi connectivity index (χ3v) is 7.06. The van der Waals surface area contributed by atoms with Crippen LogP contribution in [0.4, 0.5) is 36.1 Å². The number of rotatable bonds is 8. The van der Waals surface area contributed by atoms with Gasteiger partial charge in [-0.1, -0.05) is 11.6 Å². The molecule has 0 radical (unpaired) electrons. The summed E-state index contributed by atoms with van der Waals surface area (Å²) in [5.74, 6) is -0.433. The van der Waals surface area contributed by atoms with Gasteiger partial charge >= 0.3 is 6.18 Å². The lowest BCUT2D eigenvalue weighted by molar-refractivity contribution is -0.137. The first kappa shape index (κ1) is 30.6. The Kier molecular flexibility index (Phi) is 9.52. The highest BCUT2D eigenvalue weighted by molar-refractivity contribution is 6.31. The van der Waals surface area contributed by atoms with Gasteiger partial charge in [-0.3, -0.25) is 14.6 Å². The second kappa shape index (κ2) is 13.1. The van der Waals surface area contributed by atoms with Gasteiger partial charge in [0.15, 0.2) is 5.78 Å². The Hall–Kier alpha value is -4.38. The zero-order chi connectivity index (χ0) is 30.4. The Bertz CT molecular complexity index is 1530. The van der Waals surface area contributed by atoms with Crippen LogP contribution in [0.15, 0.2) is 71.5 Å². The largest absolute Gasteiger partial charge is 0.417 e. The third-order valence-electron chi connectivity index (χ3n) is 6.73. The number of nitrogens with two attached hydrogens (primary N) is 1. The highest BCUT2D eigenvalue weighted by atomic mass is 35.5. The number of halogens is 4. The number of benzene rings is 2. The number of piperidine rings is 1. The zero-order valence-corrected chi connectivity index (χ0v) is 23.8. The van der Waals surface area contributed by atoms with E-state index in [2.05, 4.69) is 20.2 Å². The molecule has 1 fully saturated rings. The molecule has 0 saturated carbocycles. The van der Waals surface area contributed by atoms with Crippen molar-refractivity contribution in [2.45, 2.75) is 25.4 Å². The van der Waals surface area contributed by atoms with Gasteiger partial charge in [0.25, 0.3) is 5.91 Å². The number of amides is 1. The van der Waals surface area contributed by atoms with Gasteiger partial charge in [0.1, 0.15) is 5.82 Å². The van der Waals surface area contributed by atoms with Crippen LogP contribution in [0.5, 0.6) is 0 Å². The maximum atomic E-state index is 13.8. The highest BCUT2D eigenvalue weighted by Gasteiger charge is 2.33. The van der Waals surface area contributed by atoms with E-state index in [9.17, 15) is 22.8 Å². The van der Waals surface area contributed by atoms with E-state index >= 15 is 0 Å². The molecule has 1 aromatic heterocycles. The fourth-order valence-corrected chi connectivity index (χ4v) is 4.69. The van der Waals surface area contributed by atoms with Gasteiger partial charge in [0.2, 0.25) is 0 Å². The number of anilines is 3. The van der Waals surface area contributed by atoms with Crippen LogP contribution in [0.2, 0.25) is 5.02 Å². The van der Waals surface area contributed by atoms with Crippen molar-refractivity contribution in [2.75, 3.05) is 42.3 Å². The molecule has 2 heterocycles. The Balaban J connectivity index is 1.68. The maximum absolute atomic E-state index is 13.8. The van der Waals surface area contributed by atoms with E-state index in [0.717, 1.165) is 62.6 Å². The van der Waals surface area contributed by atoms with Crippen molar-refractivity contribution in [1.82, 2.24) is 4.98 Å². The molecule has 1 aliphatic heterocycles. The molecule has 1 amide bonds. The third kappa shape index (κ3) is 7.27. The Morgan fingerprint density at radius 1 is 1.07 bits per heavy atom. The molecule has 0 unspecified atom stereocenters. The summed E-state index contributed by atoms with van der Waals surface area (Å²) in [7, 11) is 3.60. The summed E-state index contributed by atoms with van der Waals surface area (Å²) in [6, 6.07) is 11.5. The van der Waals surface area contributed by atoms with Crippen molar-refractivity contribution in [1.29, 1.82) is 0 Å². The van der Waals surface area contributed by atoms with Gasteiger partial charge in [-0.2, -0.15) is 13.2 Å². The van der Waals surface area contributed by atoms with Crippen LogP contribution in [-0.4, -0.2) is 50.1 Å². The first-order valence-corrected chi connectivity index (χ1v) is 13.6. The van der Waals surface area contributed by atoms with Gasteiger partial charge in [-0.05, 0) is 67.8 Å². The number of nitrogens with one attached hydrogen (secondary N) is 1. The maximum Gasteiger partial charge on any atom is 0.417 e. The molecule has 0 bridgehead atoms. The molecule has 12 heteroatoms. The molecular weight excluding hydrogens is 569 g/mol. The fourth-order valence-electron chi connectivity index (χ4n) is 4.46. The quantitative estimate of drug-likeness (QED) is 0.174. The normalized spacial score (nSPS) is 14.2. The van der Waals surface area contributed by atoms with E-state index < -0.39 is 28.5 Å². The number of alkyl halides is 3. The predicted octanol–water partition coefficient (Wildman–Crippen LogP) is 6.49. The second-order valence-electron chi connectivity index (χ2n) is 9.90. The van der Waals surface area contributed by atoms with E-state index in [1.165, 1.54) is 12.3 Å². The standard InChI is InChI=1S/C30H30ClF3N6O2/c1-39(2)27-14-19(10-11-36-27)29(42)38-26-9-7-22(40-12-4-3-5-13-40)16-23(26)28(41)20(17-35)18-37-21-6-8-25(31)24(15-21)30(32,33)34/h6-11,14-18H,3-5,12-13,35H2,1-2H3,(H,38,42)/b20-17+,37-18?. The number of allylic oxidation sites excluding steroid dienone is 1. The van der Waals surface area contributed by atoms with Crippen LogP contribution in [0.3, 0.4) is 0 Å². The summed E-state index contributed by atoms with van der Waals surface area (Å²) < 4.78 is 39.9. The number of pyridine rings is 1. The molecule has 42 heavy (non-hydrogen) atoms. The second-order valence-corrected chi connectivity index (χ2v) is 10.3. The van der Waals surface area contributed by atoms with Crippen molar-refractivity contribution >= 4 is 52.4 Å². The smallest absolute Gasteiger partial charge is 0.404 e. The van der Waals surface area contributed by atoms with Gasteiger partial charge in [-0.15, -0.1) is 0 Å². The van der Waals surface area contributed by atoms with Gasteiger partial charge in [0.05, 0.1) is 27.5 Å². The number of hydrogen-bond donors (Lipinski definition) is 2. The number of Topliss-reactive ketones (excluding diaryl/α,β-unsaturated/α-hetero) is 1. The van der Waals surface area contributed by atoms with Crippen LogP contribution < -0.4 is 20.9 Å². The molecule has 220 valence electrons. The Labute approximate surface area is 246 Å². The van der Waals surface area contributed by atoms with Crippen LogP contribution in [0.25, 0.3) is 0 Å². The molecule has 3 N–H and O–H groups in total. The summed E-state index contributed by atoms with van der Waals surface area (Å²) in [5.41, 5.74) is 6.13. The first-order valence-electron chi connectivity index (χ1n) is 13.2. The number of carbonyl (C=O) groups is 2. The van der Waals surface area contributed by atoms with Crippen molar-refractivity contribution < 1.29 is 22.8 Å². The van der Waals surface area contributed by atoms with Crippen molar-refractivity contribution in [3.05, 3.63) is 88.2 Å². The highest BCUT2D eigenvalue weighted by Crippen LogP contribution is 2.37. The average Bonchev–Trinajstić information content (AvgIpc) is 2.98. The lowest BCUT2D eigenvalue weighted by Gasteiger charge is -2.29. The van der Waals surface area contributed by atoms with Crippen molar-refractivity contribution in [2.24, 2.45) is 10.7 Å². The average molecular weight is 599 g/mol. The molecule has 1 aliphatic rings. The minimum atomic E-state index is -4.67. The summed E-state index contributed by atoms with van der Waals surface area (Å²) >= 11 is 5.71.